The lowest BCUT2D eigenvalue weighted by Gasteiger charge is -2.28. The molecule has 5 rings (SSSR count). The highest BCUT2D eigenvalue weighted by atomic mass is 16.5. The lowest BCUT2D eigenvalue weighted by Crippen LogP contribution is -2.29. The number of carbonyl (C=O) groups is 1. The van der Waals surface area contributed by atoms with Crippen molar-refractivity contribution in [3.8, 4) is 11.1 Å². The summed E-state index contributed by atoms with van der Waals surface area (Å²) >= 11 is 0. The number of carbonyl (C=O) groups excluding carboxylic acids is 1. The van der Waals surface area contributed by atoms with E-state index in [1.807, 2.05) is 30.7 Å². The van der Waals surface area contributed by atoms with Crippen LogP contribution in [0, 0.1) is 0 Å². The maximum Gasteiger partial charge on any atom is 0.252 e. The molecule has 4 aromatic rings. The summed E-state index contributed by atoms with van der Waals surface area (Å²) in [4.78, 5) is 24.1. The molecule has 1 aliphatic carbocycles. The number of primary amides is 1. The van der Waals surface area contributed by atoms with E-state index in [0.29, 0.717) is 29.2 Å². The van der Waals surface area contributed by atoms with Gasteiger partial charge in [0.25, 0.3) is 5.91 Å². The van der Waals surface area contributed by atoms with Crippen LogP contribution in [-0.2, 0) is 4.74 Å². The number of nitrogens with two attached hydrogens (primary N) is 1. The molecule has 0 unspecified atom stereocenters. The van der Waals surface area contributed by atoms with Crippen molar-refractivity contribution >= 4 is 28.4 Å². The summed E-state index contributed by atoms with van der Waals surface area (Å²) < 4.78 is 7.07. The van der Waals surface area contributed by atoms with E-state index in [1.165, 1.54) is 6.20 Å². The predicted molar refractivity (Wildman–Crippen MR) is 113 cm³/mol. The van der Waals surface area contributed by atoms with Crippen LogP contribution in [0.4, 0.5) is 5.95 Å². The van der Waals surface area contributed by atoms with Gasteiger partial charge < -0.3 is 20.8 Å². The predicted octanol–water partition coefficient (Wildman–Crippen LogP) is 2.74. The quantitative estimate of drug-likeness (QED) is 0.469. The number of nitrogens with one attached hydrogen (secondary N) is 2. The number of nitrogens with zero attached hydrogens (tertiary/aromatic N) is 4. The Labute approximate surface area is 172 Å². The highest BCUT2D eigenvalue weighted by molar-refractivity contribution is 6.01. The van der Waals surface area contributed by atoms with E-state index in [0.717, 1.165) is 47.8 Å². The lowest BCUT2D eigenvalue weighted by molar-refractivity contribution is 0.0681. The molecule has 0 aliphatic heterocycles. The molecule has 9 nitrogen and oxygen atoms in total. The van der Waals surface area contributed by atoms with Crippen LogP contribution in [0.3, 0.4) is 0 Å². The topological polar surface area (TPSA) is 123 Å². The first kappa shape index (κ1) is 18.6. The molecule has 154 valence electrons. The average Bonchev–Trinajstić information content (AvgIpc) is 3.37. The van der Waals surface area contributed by atoms with E-state index in [-0.39, 0.29) is 0 Å². The monoisotopic (exact) mass is 405 g/mol. The van der Waals surface area contributed by atoms with Crippen LogP contribution in [0.2, 0.25) is 0 Å². The van der Waals surface area contributed by atoms with Gasteiger partial charge in [-0.1, -0.05) is 0 Å². The molecule has 0 aromatic carbocycles. The SMILES string of the molecule is CO[C@H]1CC[C@@H](Nc2ncc3c(-c4ccn5ncc(C(N)=O)c5c4)c[nH]c3n2)CC1. The van der Waals surface area contributed by atoms with E-state index in [1.54, 1.807) is 11.6 Å². The standard InChI is InChI=1S/C21H23N7O2/c1-30-14-4-2-13(3-5-14)26-21-24-10-16-15(9-23-20(16)27-21)12-6-7-28-18(8-12)17(11-25-28)19(22)29/h6-11,13-14H,2-5H2,1H3,(H2,22,29)(H2,23,24,26,27)/t13-,14+. The minimum absolute atomic E-state index is 0.361. The third kappa shape index (κ3) is 3.26. The Morgan fingerprint density at radius 3 is 2.90 bits per heavy atom. The minimum Gasteiger partial charge on any atom is -0.381 e. The van der Waals surface area contributed by atoms with Gasteiger partial charge in [0.05, 0.1) is 23.4 Å². The first-order valence-electron chi connectivity index (χ1n) is 10.0. The number of H-pyrrole nitrogens is 1. The second-order valence-corrected chi connectivity index (χ2v) is 7.68. The summed E-state index contributed by atoms with van der Waals surface area (Å²) in [6.45, 7) is 0. The highest BCUT2D eigenvalue weighted by Crippen LogP contribution is 2.30. The Bertz CT molecular complexity index is 1220. The molecule has 1 fully saturated rings. The Morgan fingerprint density at radius 2 is 2.13 bits per heavy atom. The van der Waals surface area contributed by atoms with Crippen molar-refractivity contribution in [2.24, 2.45) is 5.73 Å². The van der Waals surface area contributed by atoms with Crippen molar-refractivity contribution < 1.29 is 9.53 Å². The molecule has 0 radical (unpaired) electrons. The number of fused-ring (bicyclic) bond motifs is 2. The maximum atomic E-state index is 11.7. The van der Waals surface area contributed by atoms with Crippen molar-refractivity contribution in [2.45, 2.75) is 37.8 Å². The van der Waals surface area contributed by atoms with Gasteiger partial charge in [-0.25, -0.2) is 9.50 Å². The zero-order valence-corrected chi connectivity index (χ0v) is 16.6. The third-order valence-corrected chi connectivity index (χ3v) is 5.87. The normalized spacial score (nSPS) is 19.4. The molecule has 1 aliphatic rings. The van der Waals surface area contributed by atoms with Gasteiger partial charge in [-0.15, -0.1) is 0 Å². The fourth-order valence-corrected chi connectivity index (χ4v) is 4.18. The molecule has 4 N–H and O–H groups in total. The number of ether oxygens (including phenoxy) is 1. The fourth-order valence-electron chi connectivity index (χ4n) is 4.18. The van der Waals surface area contributed by atoms with Crippen LogP contribution in [0.5, 0.6) is 0 Å². The van der Waals surface area contributed by atoms with Crippen LogP contribution in [0.1, 0.15) is 36.0 Å². The Hall–Kier alpha value is -3.46. The summed E-state index contributed by atoms with van der Waals surface area (Å²) in [6, 6.07) is 4.20. The summed E-state index contributed by atoms with van der Waals surface area (Å²) in [5.74, 6) is 0.124. The number of rotatable bonds is 5. The van der Waals surface area contributed by atoms with Crippen molar-refractivity contribution in [1.29, 1.82) is 0 Å². The zero-order valence-electron chi connectivity index (χ0n) is 16.6. The van der Waals surface area contributed by atoms with Crippen LogP contribution in [0.25, 0.3) is 27.7 Å². The molecular formula is C21H23N7O2. The third-order valence-electron chi connectivity index (χ3n) is 5.87. The van der Waals surface area contributed by atoms with Gasteiger partial charge in [0.15, 0.2) is 0 Å². The molecule has 30 heavy (non-hydrogen) atoms. The van der Waals surface area contributed by atoms with Gasteiger partial charge in [-0.05, 0) is 43.4 Å². The number of amides is 1. The molecule has 4 aromatic heterocycles. The average molecular weight is 405 g/mol. The summed E-state index contributed by atoms with van der Waals surface area (Å²) in [5.41, 5.74) is 9.16. The van der Waals surface area contributed by atoms with E-state index in [9.17, 15) is 4.79 Å². The first-order chi connectivity index (χ1) is 14.6. The van der Waals surface area contributed by atoms with Gasteiger partial charge in [0.1, 0.15) is 5.65 Å². The van der Waals surface area contributed by atoms with Gasteiger partial charge >= 0.3 is 0 Å². The van der Waals surface area contributed by atoms with Crippen LogP contribution >= 0.6 is 0 Å². The van der Waals surface area contributed by atoms with Crippen molar-refractivity contribution in [1.82, 2.24) is 24.6 Å². The lowest BCUT2D eigenvalue weighted by atomic mass is 9.93. The smallest absolute Gasteiger partial charge is 0.252 e. The van der Waals surface area contributed by atoms with Crippen molar-refractivity contribution in [3.05, 3.63) is 42.5 Å². The summed E-state index contributed by atoms with van der Waals surface area (Å²) in [5, 5.41) is 8.53. The molecule has 0 bridgehead atoms. The number of hydrogen-bond acceptors (Lipinski definition) is 6. The first-order valence-corrected chi connectivity index (χ1v) is 10.0. The second-order valence-electron chi connectivity index (χ2n) is 7.68. The van der Waals surface area contributed by atoms with Crippen LogP contribution in [0.15, 0.2) is 36.9 Å². The second kappa shape index (κ2) is 7.42. The van der Waals surface area contributed by atoms with Gasteiger partial charge in [0.2, 0.25) is 5.95 Å². The summed E-state index contributed by atoms with van der Waals surface area (Å²) in [7, 11) is 1.78. The number of hydrogen-bond donors (Lipinski definition) is 3. The Kier molecular flexibility index (Phi) is 4.59. The Balaban J connectivity index is 1.42. The molecule has 0 spiro atoms. The highest BCUT2D eigenvalue weighted by Gasteiger charge is 2.21. The molecule has 1 amide bonds. The van der Waals surface area contributed by atoms with Crippen LogP contribution in [-0.4, -0.2) is 49.7 Å². The molecule has 0 saturated heterocycles. The van der Waals surface area contributed by atoms with Gasteiger partial charge in [0, 0.05) is 42.7 Å². The summed E-state index contributed by atoms with van der Waals surface area (Å²) in [6.07, 6.45) is 11.6. The van der Waals surface area contributed by atoms with E-state index >= 15 is 0 Å². The largest absolute Gasteiger partial charge is 0.381 e. The van der Waals surface area contributed by atoms with Gasteiger partial charge in [-0.3, -0.25) is 4.79 Å². The number of aromatic amines is 1. The molecule has 1 saturated carbocycles. The van der Waals surface area contributed by atoms with Crippen molar-refractivity contribution in [2.75, 3.05) is 12.4 Å². The van der Waals surface area contributed by atoms with Crippen LogP contribution < -0.4 is 11.1 Å². The van der Waals surface area contributed by atoms with Gasteiger partial charge in [-0.2, -0.15) is 10.1 Å². The maximum absolute atomic E-state index is 11.7. The fraction of sp³-hybridized carbons (Fsp3) is 0.333. The zero-order chi connectivity index (χ0) is 20.7. The number of anilines is 1. The molecule has 0 atom stereocenters. The Morgan fingerprint density at radius 1 is 1.30 bits per heavy atom. The molecule has 9 heteroatoms. The number of methoxy groups -OCH3 is 1. The molecular weight excluding hydrogens is 382 g/mol. The minimum atomic E-state index is -0.500. The van der Waals surface area contributed by atoms with Crippen molar-refractivity contribution in [3.63, 3.8) is 0 Å². The number of pyridine rings is 1. The molecule has 4 heterocycles. The van der Waals surface area contributed by atoms with E-state index in [4.69, 9.17) is 10.5 Å². The number of aromatic nitrogens is 5. The van der Waals surface area contributed by atoms with E-state index < -0.39 is 5.91 Å². The van der Waals surface area contributed by atoms with E-state index in [2.05, 4.69) is 25.4 Å².